The number of nitro benzene ring substituents is 1. The average Bonchev–Trinajstić information content (AvgIpc) is 2.67. The molecule has 0 saturated carbocycles. The third kappa shape index (κ3) is 6.76. The van der Waals surface area contributed by atoms with Crippen molar-refractivity contribution in [3.63, 3.8) is 0 Å². The highest BCUT2D eigenvalue weighted by molar-refractivity contribution is 5.53. The predicted octanol–water partition coefficient (Wildman–Crippen LogP) is 5.84. The molecule has 28 heavy (non-hydrogen) atoms. The van der Waals surface area contributed by atoms with E-state index in [2.05, 4.69) is 13.8 Å². The van der Waals surface area contributed by atoms with Crippen molar-refractivity contribution in [3.8, 4) is 11.5 Å². The van der Waals surface area contributed by atoms with E-state index in [1.165, 1.54) is 6.07 Å². The van der Waals surface area contributed by atoms with Crippen molar-refractivity contribution < 1.29 is 14.4 Å². The third-order valence-corrected chi connectivity index (χ3v) is 4.58. The first-order chi connectivity index (χ1) is 13.2. The summed E-state index contributed by atoms with van der Waals surface area (Å²) in [5, 5.41) is 10.7. The molecule has 0 fully saturated rings. The van der Waals surface area contributed by atoms with Crippen molar-refractivity contribution >= 4 is 11.4 Å². The van der Waals surface area contributed by atoms with Crippen molar-refractivity contribution in [2.45, 2.75) is 66.6 Å². The molecule has 0 heterocycles. The molecule has 0 amide bonds. The van der Waals surface area contributed by atoms with Crippen molar-refractivity contribution in [1.82, 2.24) is 0 Å². The van der Waals surface area contributed by atoms with Gasteiger partial charge in [-0.25, -0.2) is 0 Å². The van der Waals surface area contributed by atoms with Crippen molar-refractivity contribution in [1.29, 1.82) is 0 Å². The Hall–Kier alpha value is -2.76. The molecule has 2 aromatic rings. The second-order valence-electron chi connectivity index (χ2n) is 6.80. The van der Waals surface area contributed by atoms with Gasteiger partial charge in [-0.15, -0.1) is 0 Å². The molecule has 154 valence electrons. The van der Waals surface area contributed by atoms with Crippen LogP contribution in [-0.4, -0.2) is 17.1 Å². The highest BCUT2D eigenvalue weighted by atomic mass is 16.6. The zero-order chi connectivity index (χ0) is 21.3. The molecule has 6 heteroatoms. The van der Waals surface area contributed by atoms with Crippen LogP contribution in [0, 0.1) is 24.0 Å². The van der Waals surface area contributed by atoms with Crippen molar-refractivity contribution in [2.24, 2.45) is 0 Å². The van der Waals surface area contributed by atoms with E-state index < -0.39 is 4.92 Å². The van der Waals surface area contributed by atoms with E-state index in [0.717, 1.165) is 29.8 Å². The van der Waals surface area contributed by atoms with Gasteiger partial charge in [0.05, 0.1) is 22.7 Å². The molecule has 2 N–H and O–H groups in total. The van der Waals surface area contributed by atoms with Crippen molar-refractivity contribution in [3.05, 3.63) is 57.6 Å². The molecular formula is C22H32N2O4. The van der Waals surface area contributed by atoms with Crippen LogP contribution < -0.4 is 15.2 Å². The first-order valence-corrected chi connectivity index (χ1v) is 9.63. The van der Waals surface area contributed by atoms with Crippen LogP contribution in [0.15, 0.2) is 36.4 Å². The molecule has 0 bridgehead atoms. The molecule has 0 aliphatic carbocycles. The molecular weight excluding hydrogens is 356 g/mol. The number of ether oxygens (including phenoxy) is 2. The maximum Gasteiger partial charge on any atom is 0.276 e. The molecule has 0 aliphatic rings. The molecule has 0 aromatic heterocycles. The van der Waals surface area contributed by atoms with Gasteiger partial charge in [0.15, 0.2) is 0 Å². The zero-order valence-corrected chi connectivity index (χ0v) is 17.7. The van der Waals surface area contributed by atoms with E-state index in [1.807, 2.05) is 39.0 Å². The van der Waals surface area contributed by atoms with Crippen LogP contribution in [-0.2, 0) is 0 Å². The molecule has 2 unspecified atom stereocenters. The van der Waals surface area contributed by atoms with Crippen LogP contribution in [0.25, 0.3) is 0 Å². The van der Waals surface area contributed by atoms with Crippen LogP contribution >= 0.6 is 0 Å². The minimum Gasteiger partial charge on any atom is -0.490 e. The number of nitrogen functional groups attached to an aromatic ring is 1. The number of anilines is 1. The molecule has 2 atom stereocenters. The summed E-state index contributed by atoms with van der Waals surface area (Å²) in [6, 6.07) is 10.6. The van der Waals surface area contributed by atoms with E-state index >= 15 is 0 Å². The summed E-state index contributed by atoms with van der Waals surface area (Å²) in [7, 11) is 0. The Labute approximate surface area is 167 Å². The largest absolute Gasteiger partial charge is 0.490 e. The lowest BCUT2D eigenvalue weighted by atomic mass is 10.2. The van der Waals surface area contributed by atoms with Crippen molar-refractivity contribution in [2.75, 3.05) is 5.73 Å². The molecule has 0 aliphatic heterocycles. The Kier molecular flexibility index (Phi) is 9.28. The van der Waals surface area contributed by atoms with Gasteiger partial charge in [0, 0.05) is 17.3 Å². The maximum atomic E-state index is 10.7. The molecule has 6 nitrogen and oxygen atoms in total. The molecule has 0 saturated heterocycles. The van der Waals surface area contributed by atoms with Gasteiger partial charge in [-0.1, -0.05) is 26.0 Å². The van der Waals surface area contributed by atoms with Gasteiger partial charge in [-0.3, -0.25) is 10.1 Å². The van der Waals surface area contributed by atoms with E-state index in [9.17, 15) is 10.1 Å². The minimum absolute atomic E-state index is 0.0747. The van der Waals surface area contributed by atoms with Gasteiger partial charge < -0.3 is 15.2 Å². The standard InChI is InChI=1S/C11H15NO3.C11H17NO/c1-4-8(2)15-11-7-5-6-10(9(11)3)12(13)14;1-4-8(2)13-11-7-5-6-10(12)9(11)3/h5-8H,4H2,1-3H3;5-8H,4,12H2,1-3H3. The fraction of sp³-hybridized carbons (Fsp3) is 0.455. The van der Waals surface area contributed by atoms with Crippen LogP contribution in [0.5, 0.6) is 11.5 Å². The summed E-state index contributed by atoms with van der Waals surface area (Å²) < 4.78 is 11.3. The van der Waals surface area contributed by atoms with Gasteiger partial charge in [0.25, 0.3) is 5.69 Å². The van der Waals surface area contributed by atoms with Gasteiger partial charge in [-0.2, -0.15) is 0 Å². The first kappa shape index (κ1) is 23.3. The zero-order valence-electron chi connectivity index (χ0n) is 17.7. The maximum absolute atomic E-state index is 10.7. The van der Waals surface area contributed by atoms with Crippen LogP contribution in [0.1, 0.15) is 51.7 Å². The summed E-state index contributed by atoms with van der Waals surface area (Å²) >= 11 is 0. The number of rotatable bonds is 7. The van der Waals surface area contributed by atoms with E-state index in [4.69, 9.17) is 15.2 Å². The predicted molar refractivity (Wildman–Crippen MR) is 114 cm³/mol. The quantitative estimate of drug-likeness (QED) is 0.366. The second kappa shape index (κ2) is 11.2. The number of benzene rings is 2. The third-order valence-electron chi connectivity index (χ3n) is 4.58. The smallest absolute Gasteiger partial charge is 0.276 e. The summed E-state index contributed by atoms with van der Waals surface area (Å²) in [6.07, 6.45) is 2.21. The van der Waals surface area contributed by atoms with Gasteiger partial charge >= 0.3 is 0 Å². The number of nitrogens with two attached hydrogens (primary N) is 1. The number of hydrogen-bond acceptors (Lipinski definition) is 5. The van der Waals surface area contributed by atoms with Crippen LogP contribution in [0.2, 0.25) is 0 Å². The second-order valence-corrected chi connectivity index (χ2v) is 6.80. The van der Waals surface area contributed by atoms with E-state index in [1.54, 1.807) is 19.1 Å². The Balaban J connectivity index is 0.000000283. The van der Waals surface area contributed by atoms with Crippen LogP contribution in [0.4, 0.5) is 11.4 Å². The summed E-state index contributed by atoms with van der Waals surface area (Å²) in [5.41, 5.74) is 8.27. The van der Waals surface area contributed by atoms with Crippen LogP contribution in [0.3, 0.4) is 0 Å². The van der Waals surface area contributed by atoms with E-state index in [-0.39, 0.29) is 17.9 Å². The normalized spacial score (nSPS) is 12.4. The van der Waals surface area contributed by atoms with E-state index in [0.29, 0.717) is 11.3 Å². The topological polar surface area (TPSA) is 87.6 Å². The fourth-order valence-electron chi connectivity index (χ4n) is 2.29. The molecule has 2 aromatic carbocycles. The Morgan fingerprint density at radius 1 is 0.929 bits per heavy atom. The molecule has 2 rings (SSSR count). The number of hydrogen-bond donors (Lipinski definition) is 1. The number of nitro groups is 1. The Morgan fingerprint density at radius 3 is 1.86 bits per heavy atom. The van der Waals surface area contributed by atoms with Gasteiger partial charge in [0.2, 0.25) is 0 Å². The summed E-state index contributed by atoms with van der Waals surface area (Å²) in [6.45, 7) is 11.8. The van der Waals surface area contributed by atoms with Gasteiger partial charge in [-0.05, 0) is 58.7 Å². The average molecular weight is 389 g/mol. The lowest BCUT2D eigenvalue weighted by molar-refractivity contribution is -0.385. The molecule has 0 spiro atoms. The highest BCUT2D eigenvalue weighted by Gasteiger charge is 2.15. The lowest BCUT2D eigenvalue weighted by Crippen LogP contribution is -2.10. The fourth-order valence-corrected chi connectivity index (χ4v) is 2.29. The number of nitrogens with zero attached hydrogens (tertiary/aromatic N) is 1. The summed E-state index contributed by atoms with van der Waals surface area (Å²) in [4.78, 5) is 10.3. The molecule has 0 radical (unpaired) electrons. The SMILES string of the molecule is CCC(C)Oc1cccc(N)c1C.CCC(C)Oc1cccc([N+](=O)[O-])c1C. The first-order valence-electron chi connectivity index (χ1n) is 9.63. The monoisotopic (exact) mass is 388 g/mol. The highest BCUT2D eigenvalue weighted by Crippen LogP contribution is 2.28. The Morgan fingerprint density at radius 2 is 1.39 bits per heavy atom. The lowest BCUT2D eigenvalue weighted by Gasteiger charge is -2.15. The minimum atomic E-state index is -0.390. The summed E-state index contributed by atoms with van der Waals surface area (Å²) in [5.74, 6) is 1.49. The van der Waals surface area contributed by atoms with Gasteiger partial charge in [0.1, 0.15) is 11.5 Å². The Bertz CT molecular complexity index is 777.